The number of rotatable bonds is 3. The van der Waals surface area contributed by atoms with Gasteiger partial charge in [-0.1, -0.05) is 0 Å². The Labute approximate surface area is 81.7 Å². The van der Waals surface area contributed by atoms with Gasteiger partial charge in [-0.3, -0.25) is 0 Å². The van der Waals surface area contributed by atoms with Crippen LogP contribution in [0.5, 0.6) is 0 Å². The quantitative estimate of drug-likeness (QED) is 0.883. The Hall–Kier alpha value is -0.0000000000000000833. The molecule has 0 bridgehead atoms. The summed E-state index contributed by atoms with van der Waals surface area (Å²) in [5.74, 6) is 0. The Morgan fingerprint density at radius 2 is 2.17 bits per heavy atom. The third kappa shape index (κ3) is 2.80. The van der Waals surface area contributed by atoms with E-state index in [0.717, 1.165) is 8.66 Å². The zero-order valence-electron chi connectivity index (χ0n) is 6.14. The summed E-state index contributed by atoms with van der Waals surface area (Å²) < 4.78 is 24.7. The lowest BCUT2D eigenvalue weighted by atomic mass is 10.2. The van der Waals surface area contributed by atoms with Crippen molar-refractivity contribution in [1.29, 1.82) is 0 Å². The SMILES string of the molecule is N[C@@H](CC(F)F)c1ccc(Br)s1. The molecule has 1 heterocycles. The van der Waals surface area contributed by atoms with E-state index in [1.54, 1.807) is 6.07 Å². The van der Waals surface area contributed by atoms with Crippen LogP contribution < -0.4 is 5.73 Å². The largest absolute Gasteiger partial charge is 0.323 e. The summed E-state index contributed by atoms with van der Waals surface area (Å²) in [7, 11) is 0. The fraction of sp³-hybridized carbons (Fsp3) is 0.429. The minimum atomic E-state index is -2.33. The van der Waals surface area contributed by atoms with Gasteiger partial charge in [-0.25, -0.2) is 8.78 Å². The topological polar surface area (TPSA) is 26.0 Å². The molecule has 0 amide bonds. The predicted molar refractivity (Wildman–Crippen MR) is 49.6 cm³/mol. The summed E-state index contributed by atoms with van der Waals surface area (Å²) in [6.45, 7) is 0. The third-order valence-electron chi connectivity index (χ3n) is 1.39. The van der Waals surface area contributed by atoms with Crippen LogP contribution in [0, 0.1) is 0 Å². The first-order chi connectivity index (χ1) is 5.59. The standard InChI is InChI=1S/C7H8BrF2NS/c8-6-2-1-5(12-6)4(11)3-7(9)10/h1-2,4,7H,3,11H2/t4-/m0/s1. The maximum absolute atomic E-state index is 11.9. The zero-order valence-corrected chi connectivity index (χ0v) is 8.54. The van der Waals surface area contributed by atoms with Gasteiger partial charge < -0.3 is 5.73 Å². The van der Waals surface area contributed by atoms with E-state index in [0.29, 0.717) is 0 Å². The Kier molecular flexibility index (Phi) is 3.61. The minimum absolute atomic E-state index is 0.271. The molecule has 1 aromatic rings. The van der Waals surface area contributed by atoms with Crippen molar-refractivity contribution in [3.8, 4) is 0 Å². The van der Waals surface area contributed by atoms with Gasteiger partial charge in [0.2, 0.25) is 6.43 Å². The summed E-state index contributed by atoms with van der Waals surface area (Å²) in [4.78, 5) is 0.794. The van der Waals surface area contributed by atoms with Gasteiger partial charge in [-0.2, -0.15) is 0 Å². The summed E-state index contributed by atoms with van der Waals surface area (Å²) >= 11 is 4.64. The van der Waals surface area contributed by atoms with Gasteiger partial charge in [0.25, 0.3) is 0 Å². The van der Waals surface area contributed by atoms with Crippen molar-refractivity contribution in [1.82, 2.24) is 0 Å². The van der Waals surface area contributed by atoms with Crippen molar-refractivity contribution in [2.24, 2.45) is 5.73 Å². The molecular weight excluding hydrogens is 248 g/mol. The van der Waals surface area contributed by atoms with E-state index in [4.69, 9.17) is 5.73 Å². The third-order valence-corrected chi connectivity index (χ3v) is 3.15. The van der Waals surface area contributed by atoms with Gasteiger partial charge in [0.15, 0.2) is 0 Å². The van der Waals surface area contributed by atoms with Crippen molar-refractivity contribution >= 4 is 27.3 Å². The first-order valence-electron chi connectivity index (χ1n) is 3.38. The average Bonchev–Trinajstić information content (AvgIpc) is 2.34. The van der Waals surface area contributed by atoms with Crippen LogP contribution in [-0.2, 0) is 0 Å². The highest BCUT2D eigenvalue weighted by Crippen LogP contribution is 2.28. The van der Waals surface area contributed by atoms with E-state index < -0.39 is 12.5 Å². The molecule has 1 rings (SSSR count). The van der Waals surface area contributed by atoms with E-state index in [9.17, 15) is 8.78 Å². The summed E-state index contributed by atoms with van der Waals surface area (Å²) in [6.07, 6.45) is -2.60. The molecule has 5 heteroatoms. The van der Waals surface area contributed by atoms with Gasteiger partial charge in [0, 0.05) is 17.3 Å². The summed E-state index contributed by atoms with van der Waals surface area (Å²) in [5.41, 5.74) is 5.52. The molecule has 0 aromatic carbocycles. The van der Waals surface area contributed by atoms with Crippen molar-refractivity contribution in [3.05, 3.63) is 20.8 Å². The molecule has 0 radical (unpaired) electrons. The van der Waals surface area contributed by atoms with E-state index >= 15 is 0 Å². The lowest BCUT2D eigenvalue weighted by Gasteiger charge is -2.07. The number of nitrogens with two attached hydrogens (primary N) is 1. The van der Waals surface area contributed by atoms with Crippen LogP contribution in [-0.4, -0.2) is 6.43 Å². The first-order valence-corrected chi connectivity index (χ1v) is 4.99. The maximum Gasteiger partial charge on any atom is 0.240 e. The Morgan fingerprint density at radius 3 is 2.58 bits per heavy atom. The van der Waals surface area contributed by atoms with Gasteiger partial charge in [0.1, 0.15) is 0 Å². The van der Waals surface area contributed by atoms with Gasteiger partial charge in [-0.05, 0) is 28.1 Å². The lowest BCUT2D eigenvalue weighted by Crippen LogP contribution is -2.12. The molecule has 12 heavy (non-hydrogen) atoms. The van der Waals surface area contributed by atoms with Gasteiger partial charge >= 0.3 is 0 Å². The monoisotopic (exact) mass is 255 g/mol. The normalized spacial score (nSPS) is 13.8. The van der Waals surface area contributed by atoms with E-state index in [1.807, 2.05) is 6.07 Å². The van der Waals surface area contributed by atoms with Gasteiger partial charge in [-0.15, -0.1) is 11.3 Å². The maximum atomic E-state index is 11.9. The number of thiophene rings is 1. The van der Waals surface area contributed by atoms with Crippen LogP contribution in [0.3, 0.4) is 0 Å². The summed E-state index contributed by atoms with van der Waals surface area (Å²) in [5, 5.41) is 0. The molecule has 1 nitrogen and oxygen atoms in total. The molecular formula is C7H8BrF2NS. The molecule has 0 spiro atoms. The van der Waals surface area contributed by atoms with Crippen molar-refractivity contribution in [3.63, 3.8) is 0 Å². The minimum Gasteiger partial charge on any atom is -0.323 e. The Bertz CT molecular complexity index is 251. The number of alkyl halides is 2. The van der Waals surface area contributed by atoms with Crippen LogP contribution >= 0.6 is 27.3 Å². The molecule has 0 aliphatic rings. The second-order valence-electron chi connectivity index (χ2n) is 2.38. The number of hydrogen-bond acceptors (Lipinski definition) is 2. The Balaban J connectivity index is 2.58. The van der Waals surface area contributed by atoms with Crippen LogP contribution in [0.15, 0.2) is 15.9 Å². The average molecular weight is 256 g/mol. The Morgan fingerprint density at radius 1 is 1.50 bits per heavy atom. The molecule has 1 aromatic heterocycles. The van der Waals surface area contributed by atoms with Crippen molar-refractivity contribution in [2.45, 2.75) is 18.9 Å². The van der Waals surface area contributed by atoms with Crippen LogP contribution in [0.25, 0.3) is 0 Å². The molecule has 0 fully saturated rings. The molecule has 1 atom stereocenters. The van der Waals surface area contributed by atoms with Crippen molar-refractivity contribution < 1.29 is 8.78 Å². The lowest BCUT2D eigenvalue weighted by molar-refractivity contribution is 0.129. The highest BCUT2D eigenvalue weighted by atomic mass is 79.9. The molecule has 0 aliphatic carbocycles. The zero-order chi connectivity index (χ0) is 9.14. The molecule has 0 unspecified atom stereocenters. The van der Waals surface area contributed by atoms with Gasteiger partial charge in [0.05, 0.1) is 3.79 Å². The number of hydrogen-bond donors (Lipinski definition) is 1. The highest BCUT2D eigenvalue weighted by Gasteiger charge is 2.14. The van der Waals surface area contributed by atoms with Crippen molar-refractivity contribution in [2.75, 3.05) is 0 Å². The molecule has 0 aliphatic heterocycles. The fourth-order valence-electron chi connectivity index (χ4n) is 0.836. The first kappa shape index (κ1) is 10.1. The fourth-order valence-corrected chi connectivity index (χ4v) is 2.27. The van der Waals surface area contributed by atoms with E-state index in [-0.39, 0.29) is 6.42 Å². The molecule has 0 saturated heterocycles. The molecule has 68 valence electrons. The number of halogens is 3. The second kappa shape index (κ2) is 4.30. The predicted octanol–water partition coefficient (Wildman–Crippen LogP) is 3.17. The molecule has 0 saturated carbocycles. The smallest absolute Gasteiger partial charge is 0.240 e. The second-order valence-corrected chi connectivity index (χ2v) is 4.87. The van der Waals surface area contributed by atoms with Crippen LogP contribution in [0.2, 0.25) is 0 Å². The highest BCUT2D eigenvalue weighted by molar-refractivity contribution is 9.11. The van der Waals surface area contributed by atoms with Crippen LogP contribution in [0.4, 0.5) is 8.78 Å². The van der Waals surface area contributed by atoms with E-state index in [1.165, 1.54) is 11.3 Å². The molecule has 2 N–H and O–H groups in total. The van der Waals surface area contributed by atoms with Crippen LogP contribution in [0.1, 0.15) is 17.3 Å². The summed E-state index contributed by atoms with van der Waals surface area (Å²) in [6, 6.07) is 3.04. The van der Waals surface area contributed by atoms with E-state index in [2.05, 4.69) is 15.9 Å².